The smallest absolute Gasteiger partial charge is 0.253 e. The van der Waals surface area contributed by atoms with E-state index in [0.717, 1.165) is 105 Å². The number of pyridine rings is 2. The monoisotopic (exact) mass is 898 g/mol. The van der Waals surface area contributed by atoms with Gasteiger partial charge in [-0.2, -0.15) is 0 Å². The van der Waals surface area contributed by atoms with Crippen molar-refractivity contribution in [1.29, 1.82) is 0 Å². The molecule has 0 atom stereocenters. The molecule has 2 saturated heterocycles. The van der Waals surface area contributed by atoms with Crippen molar-refractivity contribution in [2.75, 3.05) is 66.6 Å². The first-order valence-electron chi connectivity index (χ1n) is 17.6. The van der Waals surface area contributed by atoms with E-state index in [0.29, 0.717) is 19.3 Å². The highest BCUT2D eigenvalue weighted by atomic mass is 79.9. The largest absolute Gasteiger partial charge is 0.364 e. The average molecular weight is 901 g/mol. The maximum absolute atomic E-state index is 12.6. The number of piperazine rings is 2. The Labute approximate surface area is 339 Å². The minimum Gasteiger partial charge on any atom is -0.364 e. The van der Waals surface area contributed by atoms with Crippen molar-refractivity contribution in [3.8, 4) is 0 Å². The molecule has 0 bridgehead atoms. The normalized spacial score (nSPS) is 16.0. The quantitative estimate of drug-likeness (QED) is 0.186. The molecule has 0 spiro atoms. The summed E-state index contributed by atoms with van der Waals surface area (Å²) in [5, 5.41) is 3.37. The lowest BCUT2D eigenvalue weighted by Crippen LogP contribution is -2.48. The van der Waals surface area contributed by atoms with E-state index < -0.39 is 0 Å². The summed E-state index contributed by atoms with van der Waals surface area (Å²) >= 11 is 10.1. The molecule has 5 aromatic rings. The lowest BCUT2D eigenvalue weighted by Gasteiger charge is -2.34. The fourth-order valence-electron chi connectivity index (χ4n) is 5.97. The van der Waals surface area contributed by atoms with Crippen LogP contribution in [0.15, 0.2) is 96.7 Å². The van der Waals surface area contributed by atoms with E-state index in [2.05, 4.69) is 63.0 Å². The number of rotatable bonds is 11. The summed E-state index contributed by atoms with van der Waals surface area (Å²) in [6.45, 7) is 9.84. The number of carbonyl (C=O) groups is 1. The Bertz CT molecular complexity index is 2090. The van der Waals surface area contributed by atoms with E-state index in [9.17, 15) is 4.79 Å². The third-order valence-electron chi connectivity index (χ3n) is 8.59. The summed E-state index contributed by atoms with van der Waals surface area (Å²) in [5.74, 6) is 1.51. The molecule has 1 amide bonds. The van der Waals surface area contributed by atoms with Crippen LogP contribution in [0.3, 0.4) is 0 Å². The first-order valence-corrected chi connectivity index (χ1v) is 20.8. The molecule has 2 fully saturated rings. The number of amides is 1. The lowest BCUT2D eigenvalue weighted by atomic mass is 10.2. The summed E-state index contributed by atoms with van der Waals surface area (Å²) in [5.41, 5.74) is 2.78. The summed E-state index contributed by atoms with van der Waals surface area (Å²) in [7, 11) is 3.34. The molecule has 2 aliphatic heterocycles. The highest BCUT2D eigenvalue weighted by Gasteiger charge is 2.22. The highest BCUT2D eigenvalue weighted by Crippen LogP contribution is 2.17. The molecule has 0 radical (unpaired) electrons. The van der Waals surface area contributed by atoms with E-state index in [-0.39, 0.29) is 5.91 Å². The SMILES string of the molecule is COCn1cc(Br)sc1=Nc1cccc(CN2CCN(C(=O)c3ccccc3)CC2)n1.COCn1cc(Br)sc1=Nc1cccc(CN2CCNCC2)n1. The molecule has 7 rings (SSSR count). The van der Waals surface area contributed by atoms with Crippen LogP contribution in [0.5, 0.6) is 0 Å². The van der Waals surface area contributed by atoms with Crippen LogP contribution >= 0.6 is 54.5 Å². The minimum atomic E-state index is 0.102. The van der Waals surface area contributed by atoms with Crippen molar-refractivity contribution in [3.05, 3.63) is 113 Å². The van der Waals surface area contributed by atoms with Crippen LogP contribution < -0.4 is 14.9 Å². The van der Waals surface area contributed by atoms with E-state index in [1.54, 1.807) is 25.6 Å². The molecular formula is C37H44Br2N10O3S2. The van der Waals surface area contributed by atoms with Crippen LogP contribution in [0.2, 0.25) is 0 Å². The fourth-order valence-corrected chi connectivity index (χ4v) is 8.76. The Balaban J connectivity index is 0.000000193. The second kappa shape index (κ2) is 20.5. The zero-order valence-electron chi connectivity index (χ0n) is 30.3. The molecule has 4 aromatic heterocycles. The van der Waals surface area contributed by atoms with Gasteiger partial charge in [0.2, 0.25) is 0 Å². The highest BCUT2D eigenvalue weighted by molar-refractivity contribution is 9.11. The van der Waals surface area contributed by atoms with Gasteiger partial charge in [0, 0.05) is 97.6 Å². The van der Waals surface area contributed by atoms with Crippen LogP contribution in [0.1, 0.15) is 21.7 Å². The summed E-state index contributed by atoms with van der Waals surface area (Å²) in [4.78, 5) is 39.7. The zero-order chi connectivity index (χ0) is 37.7. The Morgan fingerprint density at radius 1 is 0.704 bits per heavy atom. The summed E-state index contributed by atoms with van der Waals surface area (Å²) in [6, 6.07) is 21.4. The van der Waals surface area contributed by atoms with Gasteiger partial charge >= 0.3 is 0 Å². The van der Waals surface area contributed by atoms with Gasteiger partial charge in [-0.25, -0.2) is 20.0 Å². The predicted octanol–water partition coefficient (Wildman–Crippen LogP) is 5.45. The fraction of sp³-hybridized carbons (Fsp3) is 0.378. The number of nitrogens with zero attached hydrogens (tertiary/aromatic N) is 9. The van der Waals surface area contributed by atoms with Crippen molar-refractivity contribution in [2.24, 2.45) is 9.98 Å². The lowest BCUT2D eigenvalue weighted by molar-refractivity contribution is 0.0627. The van der Waals surface area contributed by atoms with Gasteiger partial charge in [0.05, 0.1) is 19.0 Å². The molecule has 13 nitrogen and oxygen atoms in total. The van der Waals surface area contributed by atoms with Gasteiger partial charge in [0.1, 0.15) is 13.5 Å². The van der Waals surface area contributed by atoms with Crippen LogP contribution in [-0.4, -0.2) is 106 Å². The number of carbonyl (C=O) groups excluding carboxylic acids is 1. The summed E-state index contributed by atoms with van der Waals surface area (Å²) < 4.78 is 16.3. The number of hydrogen-bond acceptors (Lipinski definition) is 12. The molecule has 54 heavy (non-hydrogen) atoms. The predicted molar refractivity (Wildman–Crippen MR) is 219 cm³/mol. The number of methoxy groups -OCH3 is 2. The Morgan fingerprint density at radius 2 is 1.20 bits per heavy atom. The minimum absolute atomic E-state index is 0.102. The van der Waals surface area contributed by atoms with Crippen LogP contribution in [0.25, 0.3) is 0 Å². The van der Waals surface area contributed by atoms with E-state index >= 15 is 0 Å². The molecule has 286 valence electrons. The van der Waals surface area contributed by atoms with Crippen LogP contribution in [0.4, 0.5) is 11.6 Å². The number of hydrogen-bond donors (Lipinski definition) is 1. The number of ether oxygens (including phenoxy) is 2. The van der Waals surface area contributed by atoms with Crippen LogP contribution in [-0.2, 0) is 36.0 Å². The maximum Gasteiger partial charge on any atom is 0.253 e. The molecule has 17 heteroatoms. The number of halogens is 2. The number of nitrogens with one attached hydrogen (secondary N) is 1. The average Bonchev–Trinajstić information content (AvgIpc) is 3.71. The van der Waals surface area contributed by atoms with Crippen molar-refractivity contribution < 1.29 is 14.3 Å². The number of benzene rings is 1. The van der Waals surface area contributed by atoms with Gasteiger partial charge < -0.3 is 19.7 Å². The zero-order valence-corrected chi connectivity index (χ0v) is 35.1. The van der Waals surface area contributed by atoms with Gasteiger partial charge in [-0.05, 0) is 68.3 Å². The van der Waals surface area contributed by atoms with Gasteiger partial charge in [-0.3, -0.25) is 23.7 Å². The molecule has 2 aliphatic rings. The van der Waals surface area contributed by atoms with Gasteiger partial charge in [0.15, 0.2) is 21.2 Å². The third-order valence-corrected chi connectivity index (χ3v) is 11.6. The van der Waals surface area contributed by atoms with Crippen molar-refractivity contribution in [1.82, 2.24) is 39.1 Å². The number of thiazole rings is 2. The topological polar surface area (TPSA) is 118 Å². The molecule has 1 N–H and O–H groups in total. The Morgan fingerprint density at radius 3 is 1.70 bits per heavy atom. The Kier molecular flexibility index (Phi) is 15.3. The molecule has 0 unspecified atom stereocenters. The van der Waals surface area contributed by atoms with E-state index in [4.69, 9.17) is 19.5 Å². The second-order valence-electron chi connectivity index (χ2n) is 12.6. The molecule has 0 saturated carbocycles. The van der Waals surface area contributed by atoms with Gasteiger partial charge in [-0.15, -0.1) is 0 Å². The molecule has 1 aromatic carbocycles. The second-order valence-corrected chi connectivity index (χ2v) is 17.3. The van der Waals surface area contributed by atoms with E-state index in [1.807, 2.05) is 87.1 Å². The summed E-state index contributed by atoms with van der Waals surface area (Å²) in [6.07, 6.45) is 3.92. The van der Waals surface area contributed by atoms with Crippen molar-refractivity contribution in [2.45, 2.75) is 26.6 Å². The number of aromatic nitrogens is 4. The third kappa shape index (κ3) is 11.8. The van der Waals surface area contributed by atoms with Crippen molar-refractivity contribution >= 4 is 72.1 Å². The van der Waals surface area contributed by atoms with E-state index in [1.165, 1.54) is 11.3 Å². The maximum atomic E-state index is 12.6. The molecule has 0 aliphatic carbocycles. The Hall–Kier alpha value is -3.39. The molecular weight excluding hydrogens is 856 g/mol. The first-order chi connectivity index (χ1) is 26.4. The standard InChI is InChI=1S/C22H24BrN5O2S.C15H20BrN5OS/c1-30-16-28-15-19(23)31-22(28)25-20-9-5-8-18(24-20)14-26-10-12-27(13-11-26)21(29)17-6-3-2-4-7-17;1-22-11-21-10-13(16)23-15(21)19-14-4-2-3-12(18-14)9-20-7-5-17-6-8-20/h2-9,15H,10-14,16H2,1H3;2-4,10,17H,5-9,11H2,1H3. The first kappa shape index (κ1) is 40.3. The molecule has 6 heterocycles. The van der Waals surface area contributed by atoms with Crippen molar-refractivity contribution in [3.63, 3.8) is 0 Å². The van der Waals surface area contributed by atoms with Gasteiger partial charge in [0.25, 0.3) is 5.91 Å². The van der Waals surface area contributed by atoms with Gasteiger partial charge in [-0.1, -0.05) is 53.0 Å². The van der Waals surface area contributed by atoms with Crippen LogP contribution in [0, 0.1) is 0 Å².